The van der Waals surface area contributed by atoms with Gasteiger partial charge < -0.3 is 11.1 Å². The lowest BCUT2D eigenvalue weighted by atomic mass is 9.95. The lowest BCUT2D eigenvalue weighted by Crippen LogP contribution is -2.64. The first-order valence-corrected chi connectivity index (χ1v) is 9.39. The molecule has 2 atom stereocenters. The van der Waals surface area contributed by atoms with Crippen LogP contribution in [0.2, 0.25) is 0 Å². The van der Waals surface area contributed by atoms with E-state index >= 15 is 0 Å². The summed E-state index contributed by atoms with van der Waals surface area (Å²) in [6.07, 6.45) is 5.29. The Morgan fingerprint density at radius 1 is 1.13 bits per heavy atom. The summed E-state index contributed by atoms with van der Waals surface area (Å²) in [4.78, 5) is 0. The highest BCUT2D eigenvalue weighted by Gasteiger charge is 2.30. The molecule has 0 fully saturated rings. The van der Waals surface area contributed by atoms with Crippen LogP contribution in [0.3, 0.4) is 0 Å². The number of hydrogen-bond acceptors (Lipinski definition) is 6. The quantitative estimate of drug-likeness (QED) is 0.178. The van der Waals surface area contributed by atoms with E-state index in [1.807, 2.05) is 7.05 Å². The Kier molecular flexibility index (Phi) is 13.0. The average Bonchev–Trinajstić information content (AvgIpc) is 2.46. The maximum atomic E-state index is 6.65. The summed E-state index contributed by atoms with van der Waals surface area (Å²) in [7, 11) is 2.00. The zero-order chi connectivity index (χ0) is 17.7. The van der Waals surface area contributed by atoms with Crippen LogP contribution in [0.4, 0.5) is 0 Å². The van der Waals surface area contributed by atoms with Gasteiger partial charge >= 0.3 is 0 Å². The summed E-state index contributed by atoms with van der Waals surface area (Å²) in [5, 5.41) is 8.98. The predicted molar refractivity (Wildman–Crippen MR) is 101 cm³/mol. The van der Waals surface area contributed by atoms with Crippen LogP contribution < -0.4 is 27.2 Å². The molecule has 140 valence electrons. The highest BCUT2D eigenvalue weighted by Crippen LogP contribution is 2.16. The molecule has 0 amide bonds. The summed E-state index contributed by atoms with van der Waals surface area (Å²) in [6, 6.07) is 0.649. The Labute approximate surface area is 144 Å². The van der Waals surface area contributed by atoms with E-state index in [9.17, 15) is 0 Å². The lowest BCUT2D eigenvalue weighted by molar-refractivity contribution is 0.0245. The molecule has 0 aromatic carbocycles. The van der Waals surface area contributed by atoms with E-state index < -0.39 is 0 Å². The van der Waals surface area contributed by atoms with E-state index in [-0.39, 0.29) is 11.7 Å². The molecular formula is C17H42N6. The largest absolute Gasteiger partial charge is 0.318 e. The summed E-state index contributed by atoms with van der Waals surface area (Å²) in [5.41, 5.74) is 13.4. The molecule has 0 aromatic rings. The van der Waals surface area contributed by atoms with Crippen molar-refractivity contribution in [2.24, 2.45) is 5.73 Å². The van der Waals surface area contributed by atoms with Crippen molar-refractivity contribution in [1.29, 1.82) is 0 Å². The molecule has 2 unspecified atom stereocenters. The molecule has 0 saturated heterocycles. The van der Waals surface area contributed by atoms with Crippen molar-refractivity contribution < 1.29 is 0 Å². The minimum absolute atomic E-state index is 0.273. The summed E-state index contributed by atoms with van der Waals surface area (Å²) in [6.45, 7) is 13.6. The molecule has 0 radical (unpaired) electrons. The van der Waals surface area contributed by atoms with Crippen LogP contribution in [0.5, 0.6) is 0 Å². The third kappa shape index (κ3) is 10.3. The minimum Gasteiger partial charge on any atom is -0.318 e. The standard InChI is InChI=1S/C17H42N6/c1-7-10-12-21-23(22-15(4)5)16(14-19-6)13-17(18,11-8-2)20-9-3/h15-16,19-22H,7-14,18H2,1-6H3. The van der Waals surface area contributed by atoms with Crippen molar-refractivity contribution in [2.75, 3.05) is 26.7 Å². The van der Waals surface area contributed by atoms with Gasteiger partial charge in [0.2, 0.25) is 0 Å². The zero-order valence-electron chi connectivity index (χ0n) is 16.3. The van der Waals surface area contributed by atoms with Crippen molar-refractivity contribution >= 4 is 0 Å². The topological polar surface area (TPSA) is 77.4 Å². The van der Waals surface area contributed by atoms with Gasteiger partial charge in [0.15, 0.2) is 0 Å². The van der Waals surface area contributed by atoms with Gasteiger partial charge in [-0.3, -0.25) is 5.32 Å². The van der Waals surface area contributed by atoms with Gasteiger partial charge in [0.25, 0.3) is 0 Å². The van der Waals surface area contributed by atoms with Crippen molar-refractivity contribution in [2.45, 2.75) is 84.5 Å². The highest BCUT2D eigenvalue weighted by atomic mass is 15.7. The third-order valence-corrected chi connectivity index (χ3v) is 3.84. The highest BCUT2D eigenvalue weighted by molar-refractivity contribution is 4.87. The van der Waals surface area contributed by atoms with Crippen LogP contribution in [0.15, 0.2) is 0 Å². The second kappa shape index (κ2) is 13.1. The van der Waals surface area contributed by atoms with Gasteiger partial charge in [-0.2, -0.15) is 5.12 Å². The van der Waals surface area contributed by atoms with Gasteiger partial charge in [-0.1, -0.05) is 33.6 Å². The number of hydrazine groups is 2. The normalized spacial score (nSPS) is 16.0. The number of nitrogens with zero attached hydrogens (tertiary/aromatic N) is 1. The fraction of sp³-hybridized carbons (Fsp3) is 1.00. The fourth-order valence-electron chi connectivity index (χ4n) is 2.91. The van der Waals surface area contributed by atoms with Crippen LogP contribution in [-0.4, -0.2) is 49.5 Å². The van der Waals surface area contributed by atoms with Gasteiger partial charge in [0.05, 0.1) is 11.7 Å². The molecule has 6 heteroatoms. The smallest absolute Gasteiger partial charge is 0.0678 e. The van der Waals surface area contributed by atoms with E-state index in [4.69, 9.17) is 5.73 Å². The first-order valence-electron chi connectivity index (χ1n) is 9.39. The van der Waals surface area contributed by atoms with Crippen molar-refractivity contribution in [3.63, 3.8) is 0 Å². The maximum Gasteiger partial charge on any atom is 0.0678 e. The molecule has 0 aromatic heterocycles. The van der Waals surface area contributed by atoms with Crippen LogP contribution >= 0.6 is 0 Å². The number of unbranched alkanes of at least 4 members (excludes halogenated alkanes) is 1. The Bertz CT molecular complexity index is 266. The summed E-state index contributed by atoms with van der Waals surface area (Å²) in [5.74, 6) is 0. The first kappa shape index (κ1) is 22.8. The van der Waals surface area contributed by atoms with Crippen LogP contribution in [0.1, 0.15) is 66.7 Å². The second-order valence-corrected chi connectivity index (χ2v) is 6.77. The maximum absolute atomic E-state index is 6.65. The number of hydrogen-bond donors (Lipinski definition) is 5. The van der Waals surface area contributed by atoms with Crippen molar-refractivity contribution in [3.05, 3.63) is 0 Å². The molecule has 0 rings (SSSR count). The van der Waals surface area contributed by atoms with E-state index in [2.05, 4.69) is 61.2 Å². The Morgan fingerprint density at radius 2 is 1.83 bits per heavy atom. The number of rotatable bonds is 15. The minimum atomic E-state index is -0.325. The number of nitrogens with one attached hydrogen (secondary N) is 4. The molecule has 0 aliphatic heterocycles. The SMILES string of the molecule is CCCCNN(NC(C)C)C(CNC)CC(N)(CCC)NCC. The zero-order valence-corrected chi connectivity index (χ0v) is 16.3. The first-order chi connectivity index (χ1) is 10.9. The van der Waals surface area contributed by atoms with E-state index in [1.165, 1.54) is 12.8 Å². The summed E-state index contributed by atoms with van der Waals surface area (Å²) >= 11 is 0. The second-order valence-electron chi connectivity index (χ2n) is 6.77. The Balaban J connectivity index is 4.99. The molecule has 0 aliphatic carbocycles. The van der Waals surface area contributed by atoms with E-state index in [0.717, 1.165) is 38.9 Å². The average molecular weight is 331 g/mol. The van der Waals surface area contributed by atoms with Gasteiger partial charge in [0, 0.05) is 19.1 Å². The molecule has 0 aliphatic rings. The monoisotopic (exact) mass is 330 g/mol. The van der Waals surface area contributed by atoms with Gasteiger partial charge in [-0.05, 0) is 46.7 Å². The number of nitrogens with two attached hydrogens (primary N) is 1. The molecular weight excluding hydrogens is 288 g/mol. The Morgan fingerprint density at radius 3 is 2.30 bits per heavy atom. The number of likely N-dealkylation sites (N-methyl/N-ethyl adjacent to an activating group) is 1. The van der Waals surface area contributed by atoms with Crippen molar-refractivity contribution in [1.82, 2.24) is 26.6 Å². The van der Waals surface area contributed by atoms with E-state index in [1.54, 1.807) is 0 Å². The molecule has 6 N–H and O–H groups in total. The van der Waals surface area contributed by atoms with E-state index in [0.29, 0.717) is 6.04 Å². The van der Waals surface area contributed by atoms with Gasteiger partial charge in [-0.25, -0.2) is 10.9 Å². The van der Waals surface area contributed by atoms with Gasteiger partial charge in [-0.15, -0.1) is 0 Å². The molecule has 0 spiro atoms. The predicted octanol–water partition coefficient (Wildman–Crippen LogP) is 1.55. The van der Waals surface area contributed by atoms with Gasteiger partial charge in [0.1, 0.15) is 0 Å². The Hall–Kier alpha value is -0.240. The molecule has 0 saturated carbocycles. The molecule has 23 heavy (non-hydrogen) atoms. The van der Waals surface area contributed by atoms with Crippen LogP contribution in [0, 0.1) is 0 Å². The molecule has 0 heterocycles. The molecule has 0 bridgehead atoms. The third-order valence-electron chi connectivity index (χ3n) is 3.84. The lowest BCUT2D eigenvalue weighted by Gasteiger charge is -2.40. The molecule has 6 nitrogen and oxygen atoms in total. The summed E-state index contributed by atoms with van der Waals surface area (Å²) < 4.78 is 0. The van der Waals surface area contributed by atoms with Crippen LogP contribution in [-0.2, 0) is 0 Å². The van der Waals surface area contributed by atoms with Crippen LogP contribution in [0.25, 0.3) is 0 Å². The van der Waals surface area contributed by atoms with Crippen molar-refractivity contribution in [3.8, 4) is 0 Å². The fourth-order valence-corrected chi connectivity index (χ4v) is 2.91.